The summed E-state index contributed by atoms with van der Waals surface area (Å²) in [5.74, 6) is -0.257. The molecule has 3 nitrogen and oxygen atoms in total. The van der Waals surface area contributed by atoms with Crippen LogP contribution in [-0.4, -0.2) is 17.6 Å². The molecule has 0 aliphatic heterocycles. The van der Waals surface area contributed by atoms with Gasteiger partial charge in [-0.15, -0.1) is 22.7 Å². The lowest BCUT2D eigenvalue weighted by atomic mass is 10.2. The van der Waals surface area contributed by atoms with Crippen molar-refractivity contribution in [1.82, 2.24) is 4.98 Å². The number of hydrogen-bond acceptors (Lipinski definition) is 5. The molecule has 0 aliphatic rings. The van der Waals surface area contributed by atoms with Gasteiger partial charge in [0, 0.05) is 15.5 Å². The second-order valence-electron chi connectivity index (χ2n) is 4.88. The van der Waals surface area contributed by atoms with Crippen molar-refractivity contribution in [3.63, 3.8) is 0 Å². The van der Waals surface area contributed by atoms with E-state index in [9.17, 15) is 4.79 Å². The van der Waals surface area contributed by atoms with E-state index in [2.05, 4.69) is 0 Å². The van der Waals surface area contributed by atoms with Crippen LogP contribution in [0.4, 0.5) is 0 Å². The van der Waals surface area contributed by atoms with Crippen LogP contribution in [0, 0.1) is 0 Å². The highest BCUT2D eigenvalue weighted by molar-refractivity contribution is 7.20. The number of carbonyl (C=O) groups is 1. The van der Waals surface area contributed by atoms with Gasteiger partial charge < -0.3 is 4.74 Å². The summed E-state index contributed by atoms with van der Waals surface area (Å²) in [6, 6.07) is 11.2. The first-order chi connectivity index (χ1) is 11.6. The number of ether oxygens (including phenoxy) is 1. The van der Waals surface area contributed by atoms with Crippen molar-refractivity contribution in [1.29, 1.82) is 0 Å². The van der Waals surface area contributed by atoms with Crippen molar-refractivity contribution in [2.24, 2.45) is 0 Å². The second kappa shape index (κ2) is 7.66. The minimum Gasteiger partial charge on any atom is -0.466 e. The van der Waals surface area contributed by atoms with Crippen LogP contribution in [0.5, 0.6) is 0 Å². The normalized spacial score (nSPS) is 10.8. The predicted molar refractivity (Wildman–Crippen MR) is 101 cm³/mol. The number of esters is 1. The maximum Gasteiger partial charge on any atom is 0.311 e. The molecule has 0 radical (unpaired) electrons. The lowest BCUT2D eigenvalue weighted by molar-refractivity contribution is -0.142. The average molecular weight is 398 g/mol. The zero-order valence-corrected chi connectivity index (χ0v) is 15.9. The molecule has 0 bridgehead atoms. The van der Waals surface area contributed by atoms with Crippen molar-refractivity contribution < 1.29 is 9.53 Å². The molecule has 3 aromatic rings. The Balaban J connectivity index is 2.01. The molecule has 0 spiro atoms. The SMILES string of the molecule is CCOC(=O)Cc1sc(-c2ccc(Cl)cc2)nc1-c1ccc(Cl)s1. The standard InChI is InChI=1S/C17H13Cl2NO2S2/c1-2-22-15(21)9-13-16(12-7-8-14(19)23-12)20-17(24-13)10-3-5-11(18)6-4-10/h3-8H,2,9H2,1H3. The van der Waals surface area contributed by atoms with E-state index in [0.29, 0.717) is 16.0 Å². The van der Waals surface area contributed by atoms with E-state index in [4.69, 9.17) is 32.9 Å². The monoisotopic (exact) mass is 397 g/mol. The molecule has 3 rings (SSSR count). The quantitative estimate of drug-likeness (QED) is 0.499. The molecule has 24 heavy (non-hydrogen) atoms. The van der Waals surface area contributed by atoms with Gasteiger partial charge >= 0.3 is 5.97 Å². The summed E-state index contributed by atoms with van der Waals surface area (Å²) < 4.78 is 5.76. The number of halogens is 2. The van der Waals surface area contributed by atoms with Crippen LogP contribution in [0.2, 0.25) is 9.36 Å². The summed E-state index contributed by atoms with van der Waals surface area (Å²) in [5.41, 5.74) is 1.75. The summed E-state index contributed by atoms with van der Waals surface area (Å²) in [5, 5.41) is 1.51. The Labute approximate surface area is 157 Å². The Hall–Kier alpha value is -1.40. The fourth-order valence-electron chi connectivity index (χ4n) is 2.16. The Bertz CT molecular complexity index is 856. The number of thiazole rings is 1. The summed E-state index contributed by atoms with van der Waals surface area (Å²) in [7, 11) is 0. The van der Waals surface area contributed by atoms with E-state index in [-0.39, 0.29) is 12.4 Å². The molecule has 0 unspecified atom stereocenters. The third-order valence-electron chi connectivity index (χ3n) is 3.21. The van der Waals surface area contributed by atoms with Crippen LogP contribution in [0.15, 0.2) is 36.4 Å². The minimum absolute atomic E-state index is 0.198. The van der Waals surface area contributed by atoms with Crippen molar-refractivity contribution in [3.8, 4) is 21.1 Å². The molecule has 1 aromatic carbocycles. The van der Waals surface area contributed by atoms with Gasteiger partial charge in [-0.1, -0.05) is 35.3 Å². The highest BCUT2D eigenvalue weighted by atomic mass is 35.5. The Kier molecular flexibility index (Phi) is 5.56. The van der Waals surface area contributed by atoms with E-state index in [1.807, 2.05) is 36.4 Å². The number of aromatic nitrogens is 1. The Morgan fingerprint density at radius 3 is 2.50 bits per heavy atom. The lowest BCUT2D eigenvalue weighted by Crippen LogP contribution is -2.06. The van der Waals surface area contributed by atoms with Crippen LogP contribution in [-0.2, 0) is 16.0 Å². The molecular weight excluding hydrogens is 385 g/mol. The maximum atomic E-state index is 11.9. The number of hydrogen-bond donors (Lipinski definition) is 0. The zero-order valence-electron chi connectivity index (χ0n) is 12.7. The summed E-state index contributed by atoms with van der Waals surface area (Å²) >= 11 is 14.9. The molecule has 2 aromatic heterocycles. The highest BCUT2D eigenvalue weighted by Gasteiger charge is 2.19. The van der Waals surface area contributed by atoms with Gasteiger partial charge in [-0.05, 0) is 31.2 Å². The third kappa shape index (κ3) is 3.98. The first kappa shape index (κ1) is 17.4. The van der Waals surface area contributed by atoms with Crippen LogP contribution < -0.4 is 0 Å². The van der Waals surface area contributed by atoms with Crippen molar-refractivity contribution in [2.45, 2.75) is 13.3 Å². The van der Waals surface area contributed by atoms with Crippen LogP contribution in [0.25, 0.3) is 21.1 Å². The number of rotatable bonds is 5. The fraction of sp³-hybridized carbons (Fsp3) is 0.176. The largest absolute Gasteiger partial charge is 0.466 e. The summed E-state index contributed by atoms with van der Waals surface area (Å²) in [6.45, 7) is 2.16. The van der Waals surface area contributed by atoms with Crippen molar-refractivity contribution in [2.75, 3.05) is 6.61 Å². The van der Waals surface area contributed by atoms with Gasteiger partial charge in [-0.2, -0.15) is 0 Å². The van der Waals surface area contributed by atoms with E-state index < -0.39 is 0 Å². The first-order valence-corrected chi connectivity index (χ1v) is 9.62. The van der Waals surface area contributed by atoms with E-state index >= 15 is 0 Å². The van der Waals surface area contributed by atoms with Crippen molar-refractivity contribution in [3.05, 3.63) is 50.6 Å². The van der Waals surface area contributed by atoms with Gasteiger partial charge in [0.2, 0.25) is 0 Å². The molecule has 2 heterocycles. The smallest absolute Gasteiger partial charge is 0.311 e. The van der Waals surface area contributed by atoms with Crippen LogP contribution >= 0.6 is 45.9 Å². The Morgan fingerprint density at radius 2 is 1.88 bits per heavy atom. The maximum absolute atomic E-state index is 11.9. The Morgan fingerprint density at radius 1 is 1.12 bits per heavy atom. The fourth-order valence-corrected chi connectivity index (χ4v) is 4.48. The number of nitrogens with zero attached hydrogens (tertiary/aromatic N) is 1. The van der Waals surface area contributed by atoms with Gasteiger partial charge in [0.1, 0.15) is 5.01 Å². The lowest BCUT2D eigenvalue weighted by Gasteiger charge is -2.01. The number of thiophene rings is 1. The van der Waals surface area contributed by atoms with Gasteiger partial charge in [0.25, 0.3) is 0 Å². The summed E-state index contributed by atoms with van der Waals surface area (Å²) in [4.78, 5) is 18.4. The summed E-state index contributed by atoms with van der Waals surface area (Å²) in [6.07, 6.45) is 0.198. The highest BCUT2D eigenvalue weighted by Crippen LogP contribution is 2.38. The predicted octanol–water partition coefficient (Wildman–Crippen LogP) is 5.95. The second-order valence-corrected chi connectivity index (χ2v) is 8.12. The minimum atomic E-state index is -0.257. The first-order valence-electron chi connectivity index (χ1n) is 7.23. The van der Waals surface area contributed by atoms with Crippen LogP contribution in [0.3, 0.4) is 0 Å². The van der Waals surface area contributed by atoms with Crippen molar-refractivity contribution >= 4 is 51.8 Å². The molecule has 7 heteroatoms. The molecule has 124 valence electrons. The van der Waals surface area contributed by atoms with E-state index in [0.717, 1.165) is 26.0 Å². The van der Waals surface area contributed by atoms with Gasteiger partial charge in [0.05, 0.1) is 27.9 Å². The van der Waals surface area contributed by atoms with Crippen LogP contribution in [0.1, 0.15) is 11.8 Å². The molecule has 0 aliphatic carbocycles. The van der Waals surface area contributed by atoms with Gasteiger partial charge in [-0.25, -0.2) is 4.98 Å². The van der Waals surface area contributed by atoms with E-state index in [1.165, 1.54) is 22.7 Å². The van der Waals surface area contributed by atoms with Gasteiger partial charge in [0.15, 0.2) is 0 Å². The van der Waals surface area contributed by atoms with Gasteiger partial charge in [-0.3, -0.25) is 4.79 Å². The molecule has 0 fully saturated rings. The molecule has 0 saturated heterocycles. The molecule has 0 N–H and O–H groups in total. The molecule has 0 atom stereocenters. The third-order valence-corrected chi connectivity index (χ3v) is 5.80. The zero-order chi connectivity index (χ0) is 17.1. The molecule has 0 amide bonds. The number of benzene rings is 1. The molecule has 0 saturated carbocycles. The van der Waals surface area contributed by atoms with E-state index in [1.54, 1.807) is 6.92 Å². The average Bonchev–Trinajstić information content (AvgIpc) is 3.14. The topological polar surface area (TPSA) is 39.2 Å². The molecular formula is C17H13Cl2NO2S2. The number of carbonyl (C=O) groups excluding carboxylic acids is 1.